The minimum absolute atomic E-state index is 0.150. The van der Waals surface area contributed by atoms with Crippen molar-refractivity contribution >= 4 is 0 Å². The van der Waals surface area contributed by atoms with Crippen LogP contribution in [0.4, 0.5) is 8.78 Å². The lowest BCUT2D eigenvalue weighted by molar-refractivity contribution is -0.00900. The van der Waals surface area contributed by atoms with Gasteiger partial charge in [-0.3, -0.25) is 14.8 Å². The second-order valence-electron chi connectivity index (χ2n) is 7.91. The fraction of sp³-hybridized carbons (Fsp3) is 0.476. The van der Waals surface area contributed by atoms with E-state index in [-0.39, 0.29) is 5.92 Å². The van der Waals surface area contributed by atoms with Gasteiger partial charge in [-0.2, -0.15) is 0 Å². The molecule has 0 N–H and O–H groups in total. The Morgan fingerprint density at radius 2 is 1.77 bits per heavy atom. The van der Waals surface area contributed by atoms with Crippen LogP contribution in [0.15, 0.2) is 42.6 Å². The first-order valence-electron chi connectivity index (χ1n) is 9.53. The number of fused-ring (bicyclic) bond motifs is 2. The Hall–Kier alpha value is -1.85. The summed E-state index contributed by atoms with van der Waals surface area (Å²) in [5.41, 5.74) is 1.86. The number of hydrogen-bond donors (Lipinski definition) is 0. The van der Waals surface area contributed by atoms with E-state index < -0.39 is 11.6 Å². The molecule has 1 aromatic carbocycles. The van der Waals surface area contributed by atoms with Gasteiger partial charge >= 0.3 is 0 Å². The van der Waals surface area contributed by atoms with Crippen molar-refractivity contribution in [3.8, 4) is 0 Å². The maximum absolute atomic E-state index is 13.9. The number of rotatable bonds is 3. The molecule has 5 heterocycles. The minimum atomic E-state index is -0.476. The zero-order chi connectivity index (χ0) is 17.7. The lowest BCUT2D eigenvalue weighted by Crippen LogP contribution is -2.60. The average molecular weight is 355 g/mol. The molecule has 4 saturated heterocycles. The number of halogens is 2. The number of nitrogens with zero attached hydrogens (tertiary/aromatic N) is 3. The summed E-state index contributed by atoms with van der Waals surface area (Å²) in [6, 6.07) is 10.8. The zero-order valence-corrected chi connectivity index (χ0v) is 14.7. The quantitative estimate of drug-likeness (QED) is 0.841. The molecule has 26 heavy (non-hydrogen) atoms. The van der Waals surface area contributed by atoms with E-state index in [9.17, 15) is 8.78 Å². The number of benzene rings is 1. The molecule has 3 atom stereocenters. The fourth-order valence-corrected chi connectivity index (χ4v) is 5.50. The summed E-state index contributed by atoms with van der Waals surface area (Å²) in [5.74, 6) is -0.125. The molecule has 0 radical (unpaired) electrons. The van der Waals surface area contributed by atoms with Crippen LogP contribution in [0.1, 0.15) is 30.0 Å². The van der Waals surface area contributed by atoms with E-state index in [4.69, 9.17) is 0 Å². The summed E-state index contributed by atoms with van der Waals surface area (Å²) in [4.78, 5) is 9.56. The Morgan fingerprint density at radius 1 is 1.00 bits per heavy atom. The van der Waals surface area contributed by atoms with Crippen molar-refractivity contribution < 1.29 is 8.78 Å². The van der Waals surface area contributed by atoms with Crippen molar-refractivity contribution in [3.63, 3.8) is 0 Å². The largest absolute Gasteiger partial charge is 0.298 e. The molecule has 136 valence electrons. The third-order valence-electron chi connectivity index (χ3n) is 6.50. The molecule has 2 aromatic rings. The van der Waals surface area contributed by atoms with Crippen LogP contribution in [0.25, 0.3) is 0 Å². The Balaban J connectivity index is 1.50. The third kappa shape index (κ3) is 2.74. The highest BCUT2D eigenvalue weighted by molar-refractivity contribution is 5.28. The smallest absolute Gasteiger partial charge is 0.126 e. The topological polar surface area (TPSA) is 19.4 Å². The van der Waals surface area contributed by atoms with Crippen LogP contribution in [0.2, 0.25) is 0 Å². The first-order chi connectivity index (χ1) is 12.7. The van der Waals surface area contributed by atoms with Gasteiger partial charge in [0, 0.05) is 43.4 Å². The molecule has 0 aliphatic carbocycles. The van der Waals surface area contributed by atoms with Crippen LogP contribution in [-0.4, -0.2) is 46.5 Å². The van der Waals surface area contributed by atoms with Crippen molar-refractivity contribution in [2.24, 2.45) is 5.92 Å². The second kappa shape index (κ2) is 6.39. The van der Waals surface area contributed by atoms with Gasteiger partial charge in [-0.1, -0.05) is 6.07 Å². The lowest BCUT2D eigenvalue weighted by Gasteiger charge is -2.51. The molecular weight excluding hydrogens is 332 g/mol. The summed E-state index contributed by atoms with van der Waals surface area (Å²) >= 11 is 0. The molecule has 2 bridgehead atoms. The van der Waals surface area contributed by atoms with Crippen LogP contribution in [-0.2, 0) is 6.54 Å². The maximum atomic E-state index is 13.9. The zero-order valence-electron chi connectivity index (χ0n) is 14.7. The molecule has 4 aliphatic heterocycles. The number of pyridine rings is 1. The molecule has 1 aromatic heterocycles. The van der Waals surface area contributed by atoms with Crippen LogP contribution >= 0.6 is 0 Å². The van der Waals surface area contributed by atoms with Crippen LogP contribution in [0.3, 0.4) is 0 Å². The van der Waals surface area contributed by atoms with Gasteiger partial charge in [-0.25, -0.2) is 8.78 Å². The van der Waals surface area contributed by atoms with E-state index in [0.29, 0.717) is 18.0 Å². The Bertz CT molecular complexity index is 769. The molecule has 5 heteroatoms. The first kappa shape index (κ1) is 16.3. The number of piperidine rings is 3. The van der Waals surface area contributed by atoms with Crippen molar-refractivity contribution in [1.29, 1.82) is 0 Å². The maximum Gasteiger partial charge on any atom is 0.126 e. The van der Waals surface area contributed by atoms with Crippen molar-refractivity contribution in [1.82, 2.24) is 14.8 Å². The number of likely N-dealkylation sites (tertiary alicyclic amines) is 1. The summed E-state index contributed by atoms with van der Waals surface area (Å²) in [6.45, 7) is 3.86. The molecule has 4 aliphatic rings. The second-order valence-corrected chi connectivity index (χ2v) is 7.91. The predicted molar refractivity (Wildman–Crippen MR) is 95.6 cm³/mol. The highest BCUT2D eigenvalue weighted by atomic mass is 19.1. The van der Waals surface area contributed by atoms with Gasteiger partial charge in [-0.15, -0.1) is 0 Å². The SMILES string of the molecule is Fc1cc(F)cc([C@H]2CN(Cc3ccccn3)[C@@H]3C4CCN(CC4)[C@H]23)c1. The van der Waals surface area contributed by atoms with E-state index in [1.165, 1.54) is 25.0 Å². The predicted octanol–water partition coefficient (Wildman–Crippen LogP) is 3.42. The lowest BCUT2D eigenvalue weighted by atomic mass is 9.75. The first-order valence-corrected chi connectivity index (χ1v) is 9.53. The molecule has 0 amide bonds. The fourth-order valence-electron chi connectivity index (χ4n) is 5.50. The summed E-state index contributed by atoms with van der Waals surface area (Å²) in [6.07, 6.45) is 4.28. The summed E-state index contributed by atoms with van der Waals surface area (Å²) in [7, 11) is 0. The Labute approximate surface area is 152 Å². The van der Waals surface area contributed by atoms with Gasteiger partial charge in [-0.05, 0) is 61.7 Å². The van der Waals surface area contributed by atoms with Gasteiger partial charge in [0.25, 0.3) is 0 Å². The number of hydrogen-bond acceptors (Lipinski definition) is 3. The standard InChI is InChI=1S/C21H23F2N3/c22-16-9-15(10-17(23)11-16)19-13-26(12-18-3-1-2-6-24-18)20-14-4-7-25(8-5-14)21(19)20/h1-3,6,9-11,14,19-21H,4-5,7-8,12-13H2/t19-,20-,21-/m1/s1. The van der Waals surface area contributed by atoms with E-state index in [0.717, 1.165) is 43.5 Å². The minimum Gasteiger partial charge on any atom is -0.298 e. The van der Waals surface area contributed by atoms with E-state index in [1.54, 1.807) is 0 Å². The summed E-state index contributed by atoms with van der Waals surface area (Å²) < 4.78 is 27.7. The van der Waals surface area contributed by atoms with Crippen LogP contribution in [0, 0.1) is 17.6 Å². The van der Waals surface area contributed by atoms with Gasteiger partial charge in [0.05, 0.1) is 5.69 Å². The van der Waals surface area contributed by atoms with E-state index in [1.807, 2.05) is 18.3 Å². The monoisotopic (exact) mass is 355 g/mol. The van der Waals surface area contributed by atoms with E-state index >= 15 is 0 Å². The molecule has 0 unspecified atom stereocenters. The van der Waals surface area contributed by atoms with E-state index in [2.05, 4.69) is 20.9 Å². The van der Waals surface area contributed by atoms with Gasteiger partial charge < -0.3 is 0 Å². The van der Waals surface area contributed by atoms with Gasteiger partial charge in [0.2, 0.25) is 0 Å². The third-order valence-corrected chi connectivity index (χ3v) is 6.50. The highest BCUT2D eigenvalue weighted by Gasteiger charge is 2.53. The molecular formula is C21H23F2N3. The van der Waals surface area contributed by atoms with Gasteiger partial charge in [0.1, 0.15) is 11.6 Å². The Morgan fingerprint density at radius 3 is 2.46 bits per heavy atom. The molecule has 0 saturated carbocycles. The van der Waals surface area contributed by atoms with Crippen molar-refractivity contribution in [3.05, 3.63) is 65.5 Å². The molecule has 0 spiro atoms. The highest BCUT2D eigenvalue weighted by Crippen LogP contribution is 2.47. The summed E-state index contributed by atoms with van der Waals surface area (Å²) in [5, 5.41) is 0. The normalized spacial score (nSPS) is 33.4. The van der Waals surface area contributed by atoms with Crippen LogP contribution < -0.4 is 0 Å². The van der Waals surface area contributed by atoms with Crippen molar-refractivity contribution in [2.75, 3.05) is 19.6 Å². The number of aromatic nitrogens is 1. The van der Waals surface area contributed by atoms with Crippen LogP contribution in [0.5, 0.6) is 0 Å². The molecule has 4 fully saturated rings. The van der Waals surface area contributed by atoms with Gasteiger partial charge in [0.15, 0.2) is 0 Å². The Kier molecular flexibility index (Phi) is 4.02. The molecule has 3 nitrogen and oxygen atoms in total. The van der Waals surface area contributed by atoms with Crippen molar-refractivity contribution in [2.45, 2.75) is 37.4 Å². The molecule has 6 rings (SSSR count). The average Bonchev–Trinajstić information content (AvgIpc) is 3.04.